The molecule has 1 rings (SSSR count). The predicted octanol–water partition coefficient (Wildman–Crippen LogP) is -0.577. The van der Waals surface area contributed by atoms with Gasteiger partial charge in [-0.3, -0.25) is 0 Å². The van der Waals surface area contributed by atoms with E-state index >= 15 is 0 Å². The van der Waals surface area contributed by atoms with Gasteiger partial charge in [-0.1, -0.05) is 11.6 Å². The van der Waals surface area contributed by atoms with Crippen molar-refractivity contribution in [3.63, 3.8) is 0 Å². The Morgan fingerprint density at radius 1 is 1.50 bits per heavy atom. The van der Waals surface area contributed by atoms with Crippen molar-refractivity contribution < 1.29 is 14.8 Å². The monoisotopic (exact) mass is 187 g/mol. The van der Waals surface area contributed by atoms with Gasteiger partial charge in [0.2, 0.25) is 0 Å². The average Bonchev–Trinajstić information content (AvgIpc) is 2.03. The molecule has 0 unspecified atom stereocenters. The summed E-state index contributed by atoms with van der Waals surface area (Å²) in [6.07, 6.45) is 0. The molecule has 2 N–H and O–H groups in total. The van der Waals surface area contributed by atoms with Crippen molar-refractivity contribution >= 4 is 24.3 Å². The van der Waals surface area contributed by atoms with Gasteiger partial charge in [0.05, 0.1) is 12.7 Å². The summed E-state index contributed by atoms with van der Waals surface area (Å²) in [5, 5.41) is 17.7. The quantitative estimate of drug-likeness (QED) is 0.480. The molecule has 6 heteroatoms. The van der Waals surface area contributed by atoms with Gasteiger partial charge in [0.25, 0.3) is 0 Å². The topological polar surface area (TPSA) is 62.6 Å². The van der Waals surface area contributed by atoms with E-state index in [1.165, 1.54) is 19.2 Å². The lowest BCUT2D eigenvalue weighted by molar-refractivity contribution is 0.410. The second-order valence-electron chi connectivity index (χ2n) is 2.13. The molecule has 0 aliphatic rings. The molecule has 0 fully saturated rings. The molecule has 1 aromatic heterocycles. The summed E-state index contributed by atoms with van der Waals surface area (Å²) < 4.78 is 4.84. The van der Waals surface area contributed by atoms with Crippen LogP contribution in [0.2, 0.25) is 5.15 Å². The summed E-state index contributed by atoms with van der Waals surface area (Å²) in [5.74, 6) is 0.443. The lowest BCUT2D eigenvalue weighted by Crippen LogP contribution is -2.32. The minimum absolute atomic E-state index is 0.0688. The maximum atomic E-state index is 8.75. The molecule has 0 spiro atoms. The number of halogens is 1. The van der Waals surface area contributed by atoms with Crippen LogP contribution in [0.4, 0.5) is 0 Å². The molecule has 1 aromatic rings. The van der Waals surface area contributed by atoms with Gasteiger partial charge in [0, 0.05) is 6.07 Å². The summed E-state index contributed by atoms with van der Waals surface area (Å²) in [5.41, 5.74) is 0.0688. The Balaban J connectivity index is 3.06. The molecule has 0 aromatic carbocycles. The van der Waals surface area contributed by atoms with E-state index in [4.69, 9.17) is 26.4 Å². The van der Waals surface area contributed by atoms with E-state index in [2.05, 4.69) is 4.98 Å². The molecule has 0 saturated carbocycles. The fraction of sp³-hybridized carbons (Fsp3) is 0.167. The number of methoxy groups -OCH3 is 1. The fourth-order valence-corrected chi connectivity index (χ4v) is 0.948. The summed E-state index contributed by atoms with van der Waals surface area (Å²) in [7, 11) is -0.170. The zero-order valence-corrected chi connectivity index (χ0v) is 7.12. The second-order valence-corrected chi connectivity index (χ2v) is 2.52. The maximum Gasteiger partial charge on any atom is 0.508 e. The molecule has 0 bridgehead atoms. The molecule has 0 radical (unpaired) electrons. The van der Waals surface area contributed by atoms with E-state index in [0.29, 0.717) is 5.75 Å². The van der Waals surface area contributed by atoms with E-state index in [-0.39, 0.29) is 10.7 Å². The third-order valence-electron chi connectivity index (χ3n) is 1.29. The molecule has 1 heterocycles. The van der Waals surface area contributed by atoms with Crippen molar-refractivity contribution in [2.75, 3.05) is 7.11 Å². The fourth-order valence-electron chi connectivity index (χ4n) is 0.743. The van der Waals surface area contributed by atoms with Crippen molar-refractivity contribution in [2.45, 2.75) is 0 Å². The largest absolute Gasteiger partial charge is 0.508 e. The van der Waals surface area contributed by atoms with E-state index in [1.54, 1.807) is 0 Å². The zero-order valence-electron chi connectivity index (χ0n) is 6.36. The number of aromatic nitrogens is 1. The first-order valence-electron chi connectivity index (χ1n) is 3.21. The van der Waals surface area contributed by atoms with Crippen LogP contribution in [0.3, 0.4) is 0 Å². The predicted molar refractivity (Wildman–Crippen MR) is 45.6 cm³/mol. The minimum atomic E-state index is -1.63. The first-order valence-corrected chi connectivity index (χ1v) is 3.59. The Labute approximate surface area is 74.9 Å². The second kappa shape index (κ2) is 3.75. The van der Waals surface area contributed by atoms with Crippen LogP contribution in [0, 0.1) is 0 Å². The first-order chi connectivity index (χ1) is 5.63. The van der Waals surface area contributed by atoms with E-state index in [9.17, 15) is 0 Å². The molecular weight excluding hydrogens is 180 g/mol. The Kier molecular flexibility index (Phi) is 2.91. The van der Waals surface area contributed by atoms with Crippen LogP contribution < -0.4 is 10.3 Å². The maximum absolute atomic E-state index is 8.75. The van der Waals surface area contributed by atoms with Gasteiger partial charge in [-0.15, -0.1) is 0 Å². The molecule has 64 valence electrons. The molecule has 0 saturated heterocycles. The van der Waals surface area contributed by atoms with Crippen LogP contribution in [0.5, 0.6) is 5.75 Å². The molecule has 12 heavy (non-hydrogen) atoms. The van der Waals surface area contributed by atoms with Crippen LogP contribution in [0.1, 0.15) is 0 Å². The summed E-state index contributed by atoms with van der Waals surface area (Å²) in [6.45, 7) is 0. The SMILES string of the molecule is COc1cc(Cl)nc(B(O)O)c1. The van der Waals surface area contributed by atoms with Crippen molar-refractivity contribution in [3.8, 4) is 5.75 Å². The van der Waals surface area contributed by atoms with Gasteiger partial charge >= 0.3 is 7.12 Å². The van der Waals surface area contributed by atoms with Gasteiger partial charge in [-0.05, 0) is 6.07 Å². The number of rotatable bonds is 2. The van der Waals surface area contributed by atoms with E-state index in [1.807, 2.05) is 0 Å². The highest BCUT2D eigenvalue weighted by Crippen LogP contribution is 2.12. The smallest absolute Gasteiger partial charge is 0.497 e. The average molecular weight is 187 g/mol. The Bertz CT molecular complexity index is 281. The van der Waals surface area contributed by atoms with Crippen molar-refractivity contribution in [1.82, 2.24) is 4.98 Å². The van der Waals surface area contributed by atoms with Crippen molar-refractivity contribution in [2.24, 2.45) is 0 Å². The third-order valence-corrected chi connectivity index (χ3v) is 1.48. The number of ether oxygens (including phenoxy) is 1. The van der Waals surface area contributed by atoms with E-state index < -0.39 is 7.12 Å². The molecule has 0 aliphatic heterocycles. The van der Waals surface area contributed by atoms with Gasteiger partial charge in [0.15, 0.2) is 0 Å². The summed E-state index contributed by atoms with van der Waals surface area (Å²) in [6, 6.07) is 2.88. The van der Waals surface area contributed by atoms with Crippen LogP contribution >= 0.6 is 11.6 Å². The normalized spacial score (nSPS) is 9.67. The zero-order chi connectivity index (χ0) is 9.14. The lowest BCUT2D eigenvalue weighted by atomic mass is 9.86. The number of hydrogen-bond donors (Lipinski definition) is 2. The van der Waals surface area contributed by atoms with Crippen molar-refractivity contribution in [3.05, 3.63) is 17.3 Å². The van der Waals surface area contributed by atoms with Crippen molar-refractivity contribution in [1.29, 1.82) is 0 Å². The first kappa shape index (κ1) is 9.31. The van der Waals surface area contributed by atoms with E-state index in [0.717, 1.165) is 0 Å². The summed E-state index contributed by atoms with van der Waals surface area (Å²) in [4.78, 5) is 3.67. The van der Waals surface area contributed by atoms with Gasteiger partial charge in [-0.25, -0.2) is 4.98 Å². The van der Waals surface area contributed by atoms with Gasteiger partial charge in [-0.2, -0.15) is 0 Å². The third kappa shape index (κ3) is 2.10. The summed E-state index contributed by atoms with van der Waals surface area (Å²) >= 11 is 5.56. The highest BCUT2D eigenvalue weighted by atomic mass is 35.5. The van der Waals surface area contributed by atoms with Gasteiger partial charge in [0.1, 0.15) is 10.9 Å². The molecule has 4 nitrogen and oxygen atoms in total. The minimum Gasteiger partial charge on any atom is -0.497 e. The standard InChI is InChI=1S/C6H7BClNO3/c1-12-4-2-5(7(10)11)9-6(8)3-4/h2-3,10-11H,1H3. The molecule has 0 aliphatic carbocycles. The number of nitrogens with zero attached hydrogens (tertiary/aromatic N) is 1. The molecule has 0 amide bonds. The molecule has 0 atom stereocenters. The number of pyridine rings is 1. The lowest BCUT2D eigenvalue weighted by Gasteiger charge is -2.03. The van der Waals surface area contributed by atoms with Crippen LogP contribution in [0.25, 0.3) is 0 Å². The Morgan fingerprint density at radius 2 is 2.17 bits per heavy atom. The van der Waals surface area contributed by atoms with Crippen LogP contribution in [-0.4, -0.2) is 29.3 Å². The Hall–Kier alpha value is -0.775. The Morgan fingerprint density at radius 3 is 2.67 bits per heavy atom. The van der Waals surface area contributed by atoms with Gasteiger partial charge < -0.3 is 14.8 Å². The van der Waals surface area contributed by atoms with Crippen LogP contribution in [-0.2, 0) is 0 Å². The highest BCUT2D eigenvalue weighted by Gasteiger charge is 2.14. The number of hydrogen-bond acceptors (Lipinski definition) is 4. The molecular formula is C6H7BClNO3. The highest BCUT2D eigenvalue weighted by molar-refractivity contribution is 6.57. The van der Waals surface area contributed by atoms with Crippen LogP contribution in [0.15, 0.2) is 12.1 Å².